The van der Waals surface area contributed by atoms with Crippen molar-refractivity contribution in [1.82, 2.24) is 10.2 Å². The minimum absolute atomic E-state index is 0.0374. The number of rotatable bonds is 10. The molecule has 0 saturated heterocycles. The Bertz CT molecular complexity index is 1500. The summed E-state index contributed by atoms with van der Waals surface area (Å²) in [5, 5.41) is 2.03. The van der Waals surface area contributed by atoms with E-state index in [-0.39, 0.29) is 11.4 Å². The Kier molecular flexibility index (Phi) is 10.1. The van der Waals surface area contributed by atoms with Crippen LogP contribution >= 0.6 is 11.6 Å². The van der Waals surface area contributed by atoms with Gasteiger partial charge in [-0.05, 0) is 63.6 Å². The van der Waals surface area contributed by atoms with E-state index in [1.807, 2.05) is 19.1 Å². The van der Waals surface area contributed by atoms with Crippen molar-refractivity contribution < 1.29 is 31.2 Å². The maximum atomic E-state index is 13.8. The van der Waals surface area contributed by atoms with Crippen LogP contribution in [-0.4, -0.2) is 44.3 Å². The number of alkyl halides is 3. The standard InChI is InChI=1S/C29H31ClF3N3O4S/c1-5-34-28(38)21(4)35(17-22-10-6-19(2)7-11-22)27(37)18-36(41(39,40)24-13-8-20(3)9-14-24)23-12-15-26(30)25(16-23)29(31,32)33/h6-16,21H,5,17-18H2,1-4H3,(H,34,38)/t21-/m0/s1. The lowest BCUT2D eigenvalue weighted by Crippen LogP contribution is -2.51. The molecule has 0 saturated carbocycles. The van der Waals surface area contributed by atoms with E-state index in [1.165, 1.54) is 36.1 Å². The number of amides is 2. The molecule has 0 aliphatic heterocycles. The maximum absolute atomic E-state index is 13.8. The number of aryl methyl sites for hydroxylation is 2. The van der Waals surface area contributed by atoms with Gasteiger partial charge in [-0.15, -0.1) is 0 Å². The Hall–Kier alpha value is -3.57. The molecule has 3 rings (SSSR count). The molecule has 0 aliphatic rings. The molecule has 1 atom stereocenters. The highest BCUT2D eigenvalue weighted by molar-refractivity contribution is 7.92. The van der Waals surface area contributed by atoms with Crippen LogP contribution in [-0.2, 0) is 32.3 Å². The van der Waals surface area contributed by atoms with Crippen molar-refractivity contribution in [2.75, 3.05) is 17.4 Å². The van der Waals surface area contributed by atoms with Crippen molar-refractivity contribution >= 4 is 39.1 Å². The molecule has 0 heterocycles. The van der Waals surface area contributed by atoms with Crippen LogP contribution in [0.2, 0.25) is 5.02 Å². The molecule has 0 aromatic heterocycles. The van der Waals surface area contributed by atoms with Gasteiger partial charge in [-0.3, -0.25) is 13.9 Å². The molecule has 0 fully saturated rings. The van der Waals surface area contributed by atoms with Crippen LogP contribution in [0.4, 0.5) is 18.9 Å². The second-order valence-corrected chi connectivity index (χ2v) is 11.8. The lowest BCUT2D eigenvalue weighted by Gasteiger charge is -2.32. The number of carbonyl (C=O) groups is 2. The Morgan fingerprint density at radius 2 is 1.51 bits per heavy atom. The first-order chi connectivity index (χ1) is 19.1. The van der Waals surface area contributed by atoms with Crippen LogP contribution in [0.1, 0.15) is 36.1 Å². The van der Waals surface area contributed by atoms with Gasteiger partial charge in [0.1, 0.15) is 12.6 Å². The number of hydrogen-bond acceptors (Lipinski definition) is 4. The third-order valence-corrected chi connectivity index (χ3v) is 8.54. The van der Waals surface area contributed by atoms with Gasteiger partial charge in [0.2, 0.25) is 11.8 Å². The Labute approximate surface area is 243 Å². The second-order valence-electron chi connectivity index (χ2n) is 9.56. The molecule has 1 N–H and O–H groups in total. The maximum Gasteiger partial charge on any atom is 0.417 e. The van der Waals surface area contributed by atoms with E-state index in [0.29, 0.717) is 22.5 Å². The van der Waals surface area contributed by atoms with Gasteiger partial charge in [0, 0.05) is 13.1 Å². The van der Waals surface area contributed by atoms with Gasteiger partial charge in [-0.2, -0.15) is 13.2 Å². The van der Waals surface area contributed by atoms with Crippen molar-refractivity contribution in [3.05, 3.63) is 94.0 Å². The van der Waals surface area contributed by atoms with Crippen LogP contribution in [0, 0.1) is 13.8 Å². The van der Waals surface area contributed by atoms with E-state index < -0.39 is 56.9 Å². The third kappa shape index (κ3) is 7.80. The minimum Gasteiger partial charge on any atom is -0.355 e. The van der Waals surface area contributed by atoms with E-state index in [1.54, 1.807) is 26.0 Å². The smallest absolute Gasteiger partial charge is 0.355 e. The molecule has 0 unspecified atom stereocenters. The molecule has 3 aromatic carbocycles. The largest absolute Gasteiger partial charge is 0.417 e. The van der Waals surface area contributed by atoms with Gasteiger partial charge in [-0.25, -0.2) is 8.42 Å². The molecule has 220 valence electrons. The highest BCUT2D eigenvalue weighted by Crippen LogP contribution is 2.38. The number of benzene rings is 3. The Morgan fingerprint density at radius 1 is 0.951 bits per heavy atom. The summed E-state index contributed by atoms with van der Waals surface area (Å²) in [4.78, 5) is 27.6. The summed E-state index contributed by atoms with van der Waals surface area (Å²) in [6.45, 7) is 6.24. The first-order valence-electron chi connectivity index (χ1n) is 12.7. The average Bonchev–Trinajstić information content (AvgIpc) is 2.91. The molecule has 12 heteroatoms. The van der Waals surface area contributed by atoms with E-state index in [4.69, 9.17) is 11.6 Å². The lowest BCUT2D eigenvalue weighted by molar-refractivity contribution is -0.139. The fourth-order valence-electron chi connectivity index (χ4n) is 4.05. The first kappa shape index (κ1) is 32.0. The average molecular weight is 610 g/mol. The summed E-state index contributed by atoms with van der Waals surface area (Å²) in [5.41, 5.74) is 0.760. The summed E-state index contributed by atoms with van der Waals surface area (Å²) >= 11 is 5.79. The van der Waals surface area contributed by atoms with Gasteiger partial charge in [0.15, 0.2) is 0 Å². The molecule has 41 heavy (non-hydrogen) atoms. The van der Waals surface area contributed by atoms with E-state index in [2.05, 4.69) is 5.32 Å². The number of nitrogens with zero attached hydrogens (tertiary/aromatic N) is 2. The van der Waals surface area contributed by atoms with E-state index in [9.17, 15) is 31.2 Å². The molecule has 2 amide bonds. The number of hydrogen-bond donors (Lipinski definition) is 1. The van der Waals surface area contributed by atoms with Gasteiger partial charge in [0.25, 0.3) is 10.0 Å². The summed E-state index contributed by atoms with van der Waals surface area (Å²) in [6.07, 6.45) is -4.87. The SMILES string of the molecule is CCNC(=O)[C@H](C)N(Cc1ccc(C)cc1)C(=O)CN(c1ccc(Cl)c(C(F)(F)F)c1)S(=O)(=O)c1ccc(C)cc1. The number of sulfonamides is 1. The highest BCUT2D eigenvalue weighted by Gasteiger charge is 2.37. The van der Waals surface area contributed by atoms with Crippen molar-refractivity contribution in [2.45, 2.75) is 51.4 Å². The van der Waals surface area contributed by atoms with Crippen molar-refractivity contribution in [2.24, 2.45) is 0 Å². The number of anilines is 1. The van der Waals surface area contributed by atoms with Gasteiger partial charge >= 0.3 is 6.18 Å². The predicted octanol–water partition coefficient (Wildman–Crippen LogP) is 5.72. The summed E-state index contributed by atoms with van der Waals surface area (Å²) in [5.74, 6) is -1.25. The minimum atomic E-state index is -4.87. The normalized spacial score (nSPS) is 12.5. The lowest BCUT2D eigenvalue weighted by atomic mass is 10.1. The summed E-state index contributed by atoms with van der Waals surface area (Å²) in [7, 11) is -4.53. The highest BCUT2D eigenvalue weighted by atomic mass is 35.5. The van der Waals surface area contributed by atoms with E-state index in [0.717, 1.165) is 23.3 Å². The predicted molar refractivity (Wildman–Crippen MR) is 152 cm³/mol. The summed E-state index contributed by atoms with van der Waals surface area (Å²) < 4.78 is 69.4. The quantitative estimate of drug-likeness (QED) is 0.318. The van der Waals surface area contributed by atoms with Crippen LogP contribution in [0.15, 0.2) is 71.6 Å². The van der Waals surface area contributed by atoms with Crippen molar-refractivity contribution in [1.29, 1.82) is 0 Å². The Morgan fingerprint density at radius 3 is 2.05 bits per heavy atom. The topological polar surface area (TPSA) is 86.8 Å². The van der Waals surface area contributed by atoms with Crippen LogP contribution in [0.3, 0.4) is 0 Å². The molecular weight excluding hydrogens is 579 g/mol. The van der Waals surface area contributed by atoms with Gasteiger partial charge in [-0.1, -0.05) is 59.1 Å². The molecule has 0 radical (unpaired) electrons. The molecule has 0 aliphatic carbocycles. The fraction of sp³-hybridized carbons (Fsp3) is 0.310. The van der Waals surface area contributed by atoms with Gasteiger partial charge in [0.05, 0.1) is 21.2 Å². The Balaban J connectivity index is 2.12. The third-order valence-electron chi connectivity index (χ3n) is 6.42. The summed E-state index contributed by atoms with van der Waals surface area (Å²) in [6, 6.07) is 14.5. The first-order valence-corrected chi connectivity index (χ1v) is 14.6. The molecule has 0 bridgehead atoms. The fourth-order valence-corrected chi connectivity index (χ4v) is 5.68. The molecule has 7 nitrogen and oxygen atoms in total. The zero-order chi connectivity index (χ0) is 30.5. The molecule has 0 spiro atoms. The number of halogens is 4. The van der Waals surface area contributed by atoms with E-state index >= 15 is 0 Å². The van der Waals surface area contributed by atoms with Crippen molar-refractivity contribution in [3.8, 4) is 0 Å². The number of nitrogens with one attached hydrogen (secondary N) is 1. The van der Waals surface area contributed by atoms with Crippen LogP contribution in [0.5, 0.6) is 0 Å². The van der Waals surface area contributed by atoms with Gasteiger partial charge < -0.3 is 10.2 Å². The van der Waals surface area contributed by atoms with Crippen molar-refractivity contribution in [3.63, 3.8) is 0 Å². The monoisotopic (exact) mass is 609 g/mol. The molecular formula is C29H31ClF3N3O4S. The second kappa shape index (κ2) is 12.9. The zero-order valence-corrected chi connectivity index (χ0v) is 24.6. The number of likely N-dealkylation sites (N-methyl/N-ethyl adjacent to an activating group) is 1. The van der Waals surface area contributed by atoms with Crippen LogP contribution in [0.25, 0.3) is 0 Å². The molecule has 3 aromatic rings. The zero-order valence-electron chi connectivity index (χ0n) is 23.0. The number of carbonyl (C=O) groups excluding carboxylic acids is 2. The van der Waals surface area contributed by atoms with Crippen LogP contribution < -0.4 is 9.62 Å².